The van der Waals surface area contributed by atoms with Crippen LogP contribution in [-0.4, -0.2) is 38.0 Å². The Kier molecular flexibility index (Phi) is 3.12. The fourth-order valence-electron chi connectivity index (χ4n) is 1.82. The largest absolute Gasteiger partial charge is 0.287 e. The van der Waals surface area contributed by atoms with Crippen molar-refractivity contribution >= 4 is 9.84 Å². The Morgan fingerprint density at radius 3 is 2.67 bits per heavy atom. The van der Waals surface area contributed by atoms with E-state index in [0.717, 1.165) is 32.4 Å². The van der Waals surface area contributed by atoms with E-state index in [0.29, 0.717) is 0 Å². The Labute approximate surface area is 74.7 Å². The van der Waals surface area contributed by atoms with Crippen molar-refractivity contribution in [1.82, 2.24) is 4.90 Å². The smallest absolute Gasteiger partial charge is 0.163 e. The molecular weight excluding hydrogens is 174 g/mol. The number of nitrogens with zero attached hydrogens (tertiary/aromatic N) is 1. The molecule has 0 aliphatic carbocycles. The van der Waals surface area contributed by atoms with Crippen molar-refractivity contribution in [2.24, 2.45) is 0 Å². The summed E-state index contributed by atoms with van der Waals surface area (Å²) in [5.74, 6) is 0. The summed E-state index contributed by atoms with van der Waals surface area (Å²) in [6.45, 7) is 3.95. The zero-order valence-electron chi connectivity index (χ0n) is 7.78. The van der Waals surface area contributed by atoms with Crippen LogP contribution in [0, 0.1) is 0 Å². The molecule has 72 valence electrons. The second-order valence-corrected chi connectivity index (χ2v) is 5.67. The van der Waals surface area contributed by atoms with Gasteiger partial charge in [0.1, 0.15) is 5.37 Å². The lowest BCUT2D eigenvalue weighted by atomic mass is 10.4. The van der Waals surface area contributed by atoms with Gasteiger partial charge in [0.05, 0.1) is 0 Å². The predicted octanol–water partition coefficient (Wildman–Crippen LogP) is 0.863. The van der Waals surface area contributed by atoms with Gasteiger partial charge >= 0.3 is 0 Å². The van der Waals surface area contributed by atoms with E-state index in [1.165, 1.54) is 6.26 Å². The minimum Gasteiger partial charge on any atom is -0.287 e. The van der Waals surface area contributed by atoms with Crippen LogP contribution < -0.4 is 0 Å². The third-order valence-corrected chi connectivity index (χ3v) is 3.83. The molecule has 3 nitrogen and oxygen atoms in total. The van der Waals surface area contributed by atoms with Crippen LogP contribution in [0.5, 0.6) is 0 Å². The molecule has 0 saturated carbocycles. The fourth-order valence-corrected chi connectivity index (χ4v) is 3.17. The minimum atomic E-state index is -2.85. The molecule has 1 unspecified atom stereocenters. The van der Waals surface area contributed by atoms with E-state index in [9.17, 15) is 8.42 Å². The first-order valence-corrected chi connectivity index (χ1v) is 6.44. The number of hydrogen-bond donors (Lipinski definition) is 0. The molecular formula is C8H17NO2S. The molecule has 1 heterocycles. The quantitative estimate of drug-likeness (QED) is 0.664. The second-order valence-electron chi connectivity index (χ2n) is 3.46. The van der Waals surface area contributed by atoms with Crippen molar-refractivity contribution in [3.63, 3.8) is 0 Å². The first-order valence-electron chi connectivity index (χ1n) is 4.48. The monoisotopic (exact) mass is 191 g/mol. The summed E-state index contributed by atoms with van der Waals surface area (Å²) in [6, 6.07) is 0. The fraction of sp³-hybridized carbons (Fsp3) is 1.00. The SMILES string of the molecule is CCCN1CCCC1S(C)(=O)=O. The molecule has 1 aliphatic rings. The summed E-state index contributed by atoms with van der Waals surface area (Å²) in [5.41, 5.74) is 0. The predicted molar refractivity (Wildman–Crippen MR) is 49.7 cm³/mol. The van der Waals surface area contributed by atoms with E-state index in [4.69, 9.17) is 0 Å². The summed E-state index contributed by atoms with van der Waals surface area (Å²) in [6.07, 6.45) is 4.22. The average Bonchev–Trinajstić information content (AvgIpc) is 2.34. The maximum atomic E-state index is 11.3. The average molecular weight is 191 g/mol. The van der Waals surface area contributed by atoms with Crippen molar-refractivity contribution in [3.05, 3.63) is 0 Å². The lowest BCUT2D eigenvalue weighted by Gasteiger charge is -2.21. The Morgan fingerprint density at radius 2 is 2.17 bits per heavy atom. The van der Waals surface area contributed by atoms with Crippen molar-refractivity contribution in [2.45, 2.75) is 31.6 Å². The molecule has 1 atom stereocenters. The van der Waals surface area contributed by atoms with Gasteiger partial charge in [-0.05, 0) is 32.4 Å². The van der Waals surface area contributed by atoms with Gasteiger partial charge < -0.3 is 0 Å². The Bertz CT molecular complexity index is 235. The van der Waals surface area contributed by atoms with Crippen molar-refractivity contribution in [3.8, 4) is 0 Å². The lowest BCUT2D eigenvalue weighted by Crippen LogP contribution is -2.35. The van der Waals surface area contributed by atoms with E-state index in [1.54, 1.807) is 0 Å². The molecule has 0 spiro atoms. The molecule has 1 rings (SSSR count). The summed E-state index contributed by atoms with van der Waals surface area (Å²) in [4.78, 5) is 2.08. The normalized spacial score (nSPS) is 26.3. The third-order valence-electron chi connectivity index (χ3n) is 2.31. The van der Waals surface area contributed by atoms with Gasteiger partial charge in [-0.25, -0.2) is 8.42 Å². The van der Waals surface area contributed by atoms with Crippen LogP contribution in [0.2, 0.25) is 0 Å². The first kappa shape index (κ1) is 9.99. The molecule has 0 aromatic rings. The summed E-state index contributed by atoms with van der Waals surface area (Å²) in [5, 5.41) is -0.197. The number of rotatable bonds is 3. The molecule has 1 fully saturated rings. The topological polar surface area (TPSA) is 37.4 Å². The highest BCUT2D eigenvalue weighted by atomic mass is 32.2. The molecule has 0 radical (unpaired) electrons. The highest BCUT2D eigenvalue weighted by Crippen LogP contribution is 2.21. The van der Waals surface area contributed by atoms with Gasteiger partial charge in [-0.15, -0.1) is 0 Å². The Hall–Kier alpha value is -0.0900. The van der Waals surface area contributed by atoms with Crippen LogP contribution in [0.3, 0.4) is 0 Å². The minimum absolute atomic E-state index is 0.197. The van der Waals surface area contributed by atoms with Crippen LogP contribution in [0.4, 0.5) is 0 Å². The van der Waals surface area contributed by atoms with Crippen LogP contribution in [0.25, 0.3) is 0 Å². The van der Waals surface area contributed by atoms with Crippen molar-refractivity contribution in [1.29, 1.82) is 0 Å². The Morgan fingerprint density at radius 1 is 1.50 bits per heavy atom. The summed E-state index contributed by atoms with van der Waals surface area (Å²) in [7, 11) is -2.85. The third kappa shape index (κ3) is 2.20. The van der Waals surface area contributed by atoms with Crippen LogP contribution in [0.15, 0.2) is 0 Å². The van der Waals surface area contributed by atoms with E-state index in [-0.39, 0.29) is 5.37 Å². The van der Waals surface area contributed by atoms with E-state index < -0.39 is 9.84 Å². The molecule has 0 aromatic carbocycles. The zero-order valence-corrected chi connectivity index (χ0v) is 8.60. The van der Waals surface area contributed by atoms with Crippen LogP contribution in [-0.2, 0) is 9.84 Å². The maximum Gasteiger partial charge on any atom is 0.163 e. The molecule has 0 aromatic heterocycles. The number of likely N-dealkylation sites (tertiary alicyclic amines) is 1. The van der Waals surface area contributed by atoms with E-state index >= 15 is 0 Å². The van der Waals surface area contributed by atoms with E-state index in [2.05, 4.69) is 11.8 Å². The van der Waals surface area contributed by atoms with Crippen molar-refractivity contribution < 1.29 is 8.42 Å². The molecule has 1 aliphatic heterocycles. The van der Waals surface area contributed by atoms with Crippen LogP contribution in [0.1, 0.15) is 26.2 Å². The number of sulfone groups is 1. The Balaban J connectivity index is 2.64. The van der Waals surface area contributed by atoms with Gasteiger partial charge in [0.2, 0.25) is 0 Å². The van der Waals surface area contributed by atoms with Gasteiger partial charge in [-0.1, -0.05) is 6.92 Å². The highest BCUT2D eigenvalue weighted by Gasteiger charge is 2.31. The second kappa shape index (κ2) is 3.75. The first-order chi connectivity index (χ1) is 5.55. The van der Waals surface area contributed by atoms with E-state index in [1.807, 2.05) is 0 Å². The van der Waals surface area contributed by atoms with Crippen molar-refractivity contribution in [2.75, 3.05) is 19.3 Å². The molecule has 0 N–H and O–H groups in total. The van der Waals surface area contributed by atoms with Gasteiger partial charge in [0, 0.05) is 6.26 Å². The van der Waals surface area contributed by atoms with Crippen LogP contribution >= 0.6 is 0 Å². The maximum absolute atomic E-state index is 11.3. The summed E-state index contributed by atoms with van der Waals surface area (Å²) < 4.78 is 22.6. The number of hydrogen-bond acceptors (Lipinski definition) is 3. The zero-order chi connectivity index (χ0) is 9.19. The van der Waals surface area contributed by atoms with Gasteiger partial charge in [-0.2, -0.15) is 0 Å². The molecule has 0 bridgehead atoms. The molecule has 1 saturated heterocycles. The molecule has 12 heavy (non-hydrogen) atoms. The van der Waals surface area contributed by atoms with Gasteiger partial charge in [0.15, 0.2) is 9.84 Å². The molecule has 4 heteroatoms. The van der Waals surface area contributed by atoms with Gasteiger partial charge in [-0.3, -0.25) is 4.90 Å². The van der Waals surface area contributed by atoms with Gasteiger partial charge in [0.25, 0.3) is 0 Å². The molecule has 0 amide bonds. The standard InChI is InChI=1S/C8H17NO2S/c1-3-6-9-7-4-5-8(9)12(2,10)11/h8H,3-7H2,1-2H3. The summed E-state index contributed by atoms with van der Waals surface area (Å²) >= 11 is 0. The highest BCUT2D eigenvalue weighted by molar-refractivity contribution is 7.91. The lowest BCUT2D eigenvalue weighted by molar-refractivity contribution is 0.307.